The summed E-state index contributed by atoms with van der Waals surface area (Å²) in [6, 6.07) is 4.55. The number of aromatic nitrogens is 1. The maximum absolute atomic E-state index is 13.0. The van der Waals surface area contributed by atoms with Crippen LogP contribution in [0.25, 0.3) is 10.9 Å². The third-order valence-corrected chi connectivity index (χ3v) is 2.76. The second-order valence-corrected chi connectivity index (χ2v) is 3.79. The fraction of sp³-hybridized carbons (Fsp3) is 0.231. The quantitative estimate of drug-likeness (QED) is 0.601. The topological polar surface area (TPSA) is 39.2 Å². The molecule has 88 valence electrons. The van der Waals surface area contributed by atoms with Crippen LogP contribution in [0.5, 0.6) is 0 Å². The number of aryl methyl sites for hydroxylation is 1. The number of pyridine rings is 1. The third-order valence-electron chi connectivity index (χ3n) is 2.76. The van der Waals surface area contributed by atoms with Crippen LogP contribution in [0.1, 0.15) is 11.1 Å². The number of rotatable bonds is 4. The minimum absolute atomic E-state index is 0.290. The molecule has 0 unspecified atom stereocenters. The van der Waals surface area contributed by atoms with Gasteiger partial charge in [-0.15, -0.1) is 0 Å². The molecule has 0 radical (unpaired) electrons. The summed E-state index contributed by atoms with van der Waals surface area (Å²) in [5.41, 5.74) is 2.69. The van der Waals surface area contributed by atoms with Gasteiger partial charge in [0.2, 0.25) is 0 Å². The highest BCUT2D eigenvalue weighted by atomic mass is 19.1. The van der Waals surface area contributed by atoms with Gasteiger partial charge in [0.15, 0.2) is 0 Å². The Morgan fingerprint density at radius 3 is 3.06 bits per heavy atom. The van der Waals surface area contributed by atoms with Gasteiger partial charge in [0.25, 0.3) is 6.47 Å². The molecule has 3 nitrogen and oxygen atoms in total. The fourth-order valence-electron chi connectivity index (χ4n) is 1.82. The molecule has 0 amide bonds. The second kappa shape index (κ2) is 4.91. The summed E-state index contributed by atoms with van der Waals surface area (Å²) < 4.78 is 17.7. The van der Waals surface area contributed by atoms with Crippen LogP contribution in [0.4, 0.5) is 4.39 Å². The van der Waals surface area contributed by atoms with E-state index >= 15 is 0 Å². The van der Waals surface area contributed by atoms with Crippen LogP contribution < -0.4 is 0 Å². The van der Waals surface area contributed by atoms with Crippen LogP contribution in [-0.2, 0) is 16.0 Å². The van der Waals surface area contributed by atoms with Crippen LogP contribution in [-0.4, -0.2) is 18.1 Å². The first-order valence-corrected chi connectivity index (χ1v) is 5.31. The number of hydrogen-bond acceptors (Lipinski definition) is 3. The molecule has 0 spiro atoms. The van der Waals surface area contributed by atoms with Crippen molar-refractivity contribution in [2.75, 3.05) is 6.61 Å². The van der Waals surface area contributed by atoms with Gasteiger partial charge in [-0.25, -0.2) is 4.39 Å². The zero-order chi connectivity index (χ0) is 12.3. The molecule has 2 aromatic rings. The van der Waals surface area contributed by atoms with Gasteiger partial charge >= 0.3 is 0 Å². The van der Waals surface area contributed by atoms with Gasteiger partial charge in [0.05, 0.1) is 12.1 Å². The largest absolute Gasteiger partial charge is 0.468 e. The van der Waals surface area contributed by atoms with Gasteiger partial charge < -0.3 is 4.74 Å². The SMILES string of the molecule is Cc1c(CCOC=O)cnc2cc(F)ccc12. The summed E-state index contributed by atoms with van der Waals surface area (Å²) in [7, 11) is 0. The van der Waals surface area contributed by atoms with Crippen molar-refractivity contribution in [1.29, 1.82) is 0 Å². The Hall–Kier alpha value is -1.97. The van der Waals surface area contributed by atoms with Crippen molar-refractivity contribution < 1.29 is 13.9 Å². The predicted molar refractivity (Wildman–Crippen MR) is 62.2 cm³/mol. The van der Waals surface area contributed by atoms with Crippen molar-refractivity contribution in [1.82, 2.24) is 4.98 Å². The zero-order valence-electron chi connectivity index (χ0n) is 9.44. The first-order chi connectivity index (χ1) is 8.22. The van der Waals surface area contributed by atoms with Crippen LogP contribution >= 0.6 is 0 Å². The van der Waals surface area contributed by atoms with E-state index in [9.17, 15) is 9.18 Å². The Balaban J connectivity index is 2.36. The lowest BCUT2D eigenvalue weighted by Crippen LogP contribution is -2.00. The van der Waals surface area contributed by atoms with E-state index in [1.807, 2.05) is 6.92 Å². The summed E-state index contributed by atoms with van der Waals surface area (Å²) in [5, 5.41) is 0.926. The lowest BCUT2D eigenvalue weighted by atomic mass is 10.0. The minimum Gasteiger partial charge on any atom is -0.468 e. The van der Waals surface area contributed by atoms with Gasteiger partial charge in [-0.3, -0.25) is 9.78 Å². The molecule has 0 saturated carbocycles. The van der Waals surface area contributed by atoms with Crippen LogP contribution in [0.15, 0.2) is 24.4 Å². The summed E-state index contributed by atoms with van der Waals surface area (Å²) in [6.07, 6.45) is 2.32. The van der Waals surface area contributed by atoms with E-state index < -0.39 is 0 Å². The average molecular weight is 233 g/mol. The molecule has 0 aliphatic carbocycles. The van der Waals surface area contributed by atoms with Crippen LogP contribution in [0.2, 0.25) is 0 Å². The number of carbonyl (C=O) groups is 1. The maximum Gasteiger partial charge on any atom is 0.293 e. The number of benzene rings is 1. The molecule has 0 atom stereocenters. The molecular formula is C13H12FNO2. The van der Waals surface area contributed by atoms with Gasteiger partial charge in [-0.05, 0) is 30.2 Å². The van der Waals surface area contributed by atoms with E-state index in [4.69, 9.17) is 0 Å². The molecule has 0 saturated heterocycles. The Morgan fingerprint density at radius 1 is 1.47 bits per heavy atom. The average Bonchev–Trinajstić information content (AvgIpc) is 2.32. The Labute approximate surface area is 98.2 Å². The monoisotopic (exact) mass is 233 g/mol. The number of hydrogen-bond donors (Lipinski definition) is 0. The molecule has 0 aliphatic rings. The van der Waals surface area contributed by atoms with Crippen molar-refractivity contribution >= 4 is 17.4 Å². The van der Waals surface area contributed by atoms with E-state index in [1.165, 1.54) is 12.1 Å². The predicted octanol–water partition coefficient (Wildman–Crippen LogP) is 2.40. The molecular weight excluding hydrogens is 221 g/mol. The molecule has 0 fully saturated rings. The Morgan fingerprint density at radius 2 is 2.29 bits per heavy atom. The summed E-state index contributed by atoms with van der Waals surface area (Å²) in [5.74, 6) is -0.290. The first kappa shape index (κ1) is 11.5. The van der Waals surface area contributed by atoms with Crippen molar-refractivity contribution in [3.05, 3.63) is 41.3 Å². The van der Waals surface area contributed by atoms with E-state index in [-0.39, 0.29) is 5.82 Å². The number of ether oxygens (including phenoxy) is 1. The lowest BCUT2D eigenvalue weighted by Gasteiger charge is -2.08. The first-order valence-electron chi connectivity index (χ1n) is 5.31. The fourth-order valence-corrected chi connectivity index (χ4v) is 1.82. The highest BCUT2D eigenvalue weighted by molar-refractivity contribution is 5.82. The van der Waals surface area contributed by atoms with Crippen LogP contribution in [0, 0.1) is 12.7 Å². The van der Waals surface area contributed by atoms with E-state index in [1.54, 1.807) is 12.3 Å². The second-order valence-electron chi connectivity index (χ2n) is 3.79. The number of halogens is 1. The normalized spacial score (nSPS) is 10.5. The number of fused-ring (bicyclic) bond motifs is 1. The van der Waals surface area contributed by atoms with Gasteiger partial charge in [-0.2, -0.15) is 0 Å². The minimum atomic E-state index is -0.290. The Kier molecular flexibility index (Phi) is 3.32. The molecule has 1 heterocycles. The maximum atomic E-state index is 13.0. The van der Waals surface area contributed by atoms with Crippen molar-refractivity contribution in [2.24, 2.45) is 0 Å². The molecule has 0 N–H and O–H groups in total. The summed E-state index contributed by atoms with van der Waals surface area (Å²) in [6.45, 7) is 2.72. The molecule has 17 heavy (non-hydrogen) atoms. The van der Waals surface area contributed by atoms with E-state index in [0.29, 0.717) is 25.0 Å². The number of nitrogens with zero attached hydrogens (tertiary/aromatic N) is 1. The molecule has 0 bridgehead atoms. The lowest BCUT2D eigenvalue weighted by molar-refractivity contribution is -0.128. The Bertz CT molecular complexity index is 554. The van der Waals surface area contributed by atoms with E-state index in [0.717, 1.165) is 16.5 Å². The smallest absolute Gasteiger partial charge is 0.293 e. The third kappa shape index (κ3) is 2.41. The molecule has 2 rings (SSSR count). The van der Waals surface area contributed by atoms with Gasteiger partial charge in [0.1, 0.15) is 5.82 Å². The molecule has 1 aromatic heterocycles. The van der Waals surface area contributed by atoms with Gasteiger partial charge in [0, 0.05) is 24.1 Å². The molecule has 4 heteroatoms. The standard InChI is InChI=1S/C13H12FNO2/c1-9-10(4-5-17-8-16)7-15-13-6-11(14)2-3-12(9)13/h2-3,6-8H,4-5H2,1H3. The van der Waals surface area contributed by atoms with Crippen LogP contribution in [0.3, 0.4) is 0 Å². The van der Waals surface area contributed by atoms with Crippen molar-refractivity contribution in [2.45, 2.75) is 13.3 Å². The number of carbonyl (C=O) groups excluding carboxylic acids is 1. The van der Waals surface area contributed by atoms with E-state index in [2.05, 4.69) is 9.72 Å². The summed E-state index contributed by atoms with van der Waals surface area (Å²) in [4.78, 5) is 14.2. The molecule has 1 aromatic carbocycles. The highest BCUT2D eigenvalue weighted by Gasteiger charge is 2.05. The van der Waals surface area contributed by atoms with Crippen molar-refractivity contribution in [3.8, 4) is 0 Å². The highest BCUT2D eigenvalue weighted by Crippen LogP contribution is 2.20. The van der Waals surface area contributed by atoms with Crippen molar-refractivity contribution in [3.63, 3.8) is 0 Å². The molecule has 0 aliphatic heterocycles. The summed E-state index contributed by atoms with van der Waals surface area (Å²) >= 11 is 0. The zero-order valence-corrected chi connectivity index (χ0v) is 9.44. The van der Waals surface area contributed by atoms with Gasteiger partial charge in [-0.1, -0.05) is 0 Å².